The minimum atomic E-state index is -0.857. The summed E-state index contributed by atoms with van der Waals surface area (Å²) in [7, 11) is 0. The standard InChI is InChI=1S/C22H31N5O2/c1-3-23-21(24-16-22(28)9-8-18-6-4-5-7-20(18)22)27-12-10-26(11-13-27)15-19-14-17(2)29-25-19/h4-7,14,28H,3,8-13,15-16H2,1-2H3,(H,23,24). The molecule has 1 atom stereocenters. The Balaban J connectivity index is 1.38. The average Bonchev–Trinajstić information content (AvgIpc) is 3.30. The van der Waals surface area contributed by atoms with Crippen LogP contribution in [-0.2, 0) is 18.6 Å². The van der Waals surface area contributed by atoms with Crippen LogP contribution in [0, 0.1) is 6.92 Å². The minimum Gasteiger partial charge on any atom is -0.383 e. The molecule has 2 aromatic rings. The number of fused-ring (bicyclic) bond motifs is 1. The van der Waals surface area contributed by atoms with E-state index in [9.17, 15) is 5.11 Å². The van der Waals surface area contributed by atoms with Gasteiger partial charge < -0.3 is 19.8 Å². The van der Waals surface area contributed by atoms with Crippen LogP contribution in [-0.4, -0.2) is 65.3 Å². The van der Waals surface area contributed by atoms with Crippen LogP contribution in [0.4, 0.5) is 0 Å². The van der Waals surface area contributed by atoms with E-state index < -0.39 is 5.60 Å². The third kappa shape index (κ3) is 4.46. The fraction of sp³-hybridized carbons (Fsp3) is 0.545. The summed E-state index contributed by atoms with van der Waals surface area (Å²) in [6.07, 6.45) is 1.65. The van der Waals surface area contributed by atoms with Crippen molar-refractivity contribution in [3.63, 3.8) is 0 Å². The average molecular weight is 398 g/mol. The minimum absolute atomic E-state index is 0.394. The van der Waals surface area contributed by atoms with E-state index in [2.05, 4.69) is 33.3 Å². The molecule has 7 nitrogen and oxygen atoms in total. The number of rotatable bonds is 5. The molecule has 0 bridgehead atoms. The number of aliphatic hydroxyl groups is 1. The topological polar surface area (TPSA) is 77.1 Å². The van der Waals surface area contributed by atoms with Crippen LogP contribution in [0.3, 0.4) is 0 Å². The van der Waals surface area contributed by atoms with Gasteiger partial charge in [0, 0.05) is 45.3 Å². The fourth-order valence-electron chi connectivity index (χ4n) is 4.30. The summed E-state index contributed by atoms with van der Waals surface area (Å²) in [5.74, 6) is 1.74. The lowest BCUT2D eigenvalue weighted by molar-refractivity contribution is 0.0481. The highest BCUT2D eigenvalue weighted by Gasteiger charge is 2.36. The Labute approximate surface area is 172 Å². The number of guanidine groups is 1. The Morgan fingerprint density at radius 2 is 2.07 bits per heavy atom. The molecule has 0 saturated carbocycles. The second-order valence-electron chi connectivity index (χ2n) is 8.05. The highest BCUT2D eigenvalue weighted by molar-refractivity contribution is 5.80. The second kappa shape index (κ2) is 8.55. The monoisotopic (exact) mass is 397 g/mol. The number of aliphatic imine (C=N–C) groups is 1. The van der Waals surface area contributed by atoms with Gasteiger partial charge in [0.05, 0.1) is 12.2 Å². The molecule has 0 spiro atoms. The fourth-order valence-corrected chi connectivity index (χ4v) is 4.30. The van der Waals surface area contributed by atoms with Crippen LogP contribution in [0.15, 0.2) is 39.8 Å². The van der Waals surface area contributed by atoms with Gasteiger partial charge in [-0.3, -0.25) is 4.90 Å². The van der Waals surface area contributed by atoms with Crippen molar-refractivity contribution in [3.8, 4) is 0 Å². The van der Waals surface area contributed by atoms with Crippen LogP contribution < -0.4 is 5.32 Å². The maximum Gasteiger partial charge on any atom is 0.194 e. The summed E-state index contributed by atoms with van der Waals surface area (Å²) < 4.78 is 5.17. The molecule has 1 aliphatic heterocycles. The molecular weight excluding hydrogens is 366 g/mol. The molecule has 4 rings (SSSR count). The van der Waals surface area contributed by atoms with E-state index in [1.807, 2.05) is 31.2 Å². The van der Waals surface area contributed by atoms with Crippen LogP contribution in [0.1, 0.15) is 35.9 Å². The molecule has 1 unspecified atom stereocenters. The first-order chi connectivity index (χ1) is 14.1. The Morgan fingerprint density at radius 1 is 1.28 bits per heavy atom. The van der Waals surface area contributed by atoms with Crippen molar-refractivity contribution >= 4 is 5.96 Å². The smallest absolute Gasteiger partial charge is 0.194 e. The highest BCUT2D eigenvalue weighted by atomic mass is 16.5. The predicted octanol–water partition coefficient (Wildman–Crippen LogP) is 1.90. The molecule has 1 aromatic carbocycles. The number of hydrogen-bond acceptors (Lipinski definition) is 5. The molecule has 1 saturated heterocycles. The van der Waals surface area contributed by atoms with E-state index in [-0.39, 0.29) is 0 Å². The third-order valence-electron chi connectivity index (χ3n) is 5.89. The van der Waals surface area contributed by atoms with Gasteiger partial charge in [-0.2, -0.15) is 0 Å². The molecule has 2 N–H and O–H groups in total. The van der Waals surface area contributed by atoms with Crippen molar-refractivity contribution in [2.45, 2.75) is 38.8 Å². The lowest BCUT2D eigenvalue weighted by Gasteiger charge is -2.36. The van der Waals surface area contributed by atoms with Gasteiger partial charge >= 0.3 is 0 Å². The third-order valence-corrected chi connectivity index (χ3v) is 5.89. The first-order valence-corrected chi connectivity index (χ1v) is 10.6. The van der Waals surface area contributed by atoms with Crippen LogP contribution >= 0.6 is 0 Å². The molecule has 156 valence electrons. The van der Waals surface area contributed by atoms with Crippen molar-refractivity contribution < 1.29 is 9.63 Å². The number of piperazine rings is 1. The van der Waals surface area contributed by atoms with Crippen molar-refractivity contribution in [3.05, 3.63) is 52.9 Å². The molecule has 0 radical (unpaired) electrons. The van der Waals surface area contributed by atoms with Crippen molar-refractivity contribution in [2.75, 3.05) is 39.3 Å². The zero-order valence-corrected chi connectivity index (χ0v) is 17.4. The number of hydrogen-bond donors (Lipinski definition) is 2. The molecule has 1 aliphatic carbocycles. The van der Waals surface area contributed by atoms with E-state index in [1.165, 1.54) is 5.56 Å². The summed E-state index contributed by atoms with van der Waals surface area (Å²) in [6, 6.07) is 10.2. The number of aromatic nitrogens is 1. The van der Waals surface area contributed by atoms with Crippen LogP contribution in [0.2, 0.25) is 0 Å². The summed E-state index contributed by atoms with van der Waals surface area (Å²) in [5, 5.41) is 18.7. The first kappa shape index (κ1) is 19.9. The van der Waals surface area contributed by atoms with Crippen molar-refractivity contribution in [1.29, 1.82) is 0 Å². The number of nitrogens with one attached hydrogen (secondary N) is 1. The molecular formula is C22H31N5O2. The van der Waals surface area contributed by atoms with Gasteiger partial charge in [-0.15, -0.1) is 0 Å². The van der Waals surface area contributed by atoms with E-state index in [0.717, 1.165) is 75.1 Å². The number of aryl methyl sites for hydroxylation is 2. The molecule has 2 aliphatic rings. The van der Waals surface area contributed by atoms with Gasteiger partial charge in [0.2, 0.25) is 0 Å². The highest BCUT2D eigenvalue weighted by Crippen LogP contribution is 2.36. The Bertz CT molecular complexity index is 856. The number of benzene rings is 1. The summed E-state index contributed by atoms with van der Waals surface area (Å²) in [5.41, 5.74) is 2.40. The molecule has 1 aromatic heterocycles. The van der Waals surface area contributed by atoms with E-state index in [1.54, 1.807) is 0 Å². The van der Waals surface area contributed by atoms with E-state index in [0.29, 0.717) is 6.54 Å². The van der Waals surface area contributed by atoms with Crippen LogP contribution in [0.25, 0.3) is 0 Å². The van der Waals surface area contributed by atoms with Gasteiger partial charge in [-0.1, -0.05) is 29.4 Å². The lowest BCUT2D eigenvalue weighted by atomic mass is 9.96. The molecule has 7 heteroatoms. The van der Waals surface area contributed by atoms with Gasteiger partial charge in [0.1, 0.15) is 11.4 Å². The quantitative estimate of drug-likeness (QED) is 0.593. The summed E-state index contributed by atoms with van der Waals surface area (Å²) in [4.78, 5) is 9.51. The lowest BCUT2D eigenvalue weighted by Crippen LogP contribution is -2.52. The Kier molecular flexibility index (Phi) is 5.87. The van der Waals surface area contributed by atoms with Gasteiger partial charge in [0.15, 0.2) is 5.96 Å². The molecule has 2 heterocycles. The number of nitrogens with zero attached hydrogens (tertiary/aromatic N) is 4. The predicted molar refractivity (Wildman–Crippen MR) is 113 cm³/mol. The first-order valence-electron chi connectivity index (χ1n) is 10.6. The van der Waals surface area contributed by atoms with Crippen molar-refractivity contribution in [1.82, 2.24) is 20.3 Å². The van der Waals surface area contributed by atoms with E-state index >= 15 is 0 Å². The van der Waals surface area contributed by atoms with Gasteiger partial charge in [0.25, 0.3) is 0 Å². The molecule has 29 heavy (non-hydrogen) atoms. The normalized spacial score (nSPS) is 22.7. The van der Waals surface area contributed by atoms with Gasteiger partial charge in [-0.05, 0) is 37.8 Å². The SMILES string of the molecule is CCNC(=NCC1(O)CCc2ccccc21)N1CCN(Cc2cc(C)on2)CC1. The summed E-state index contributed by atoms with van der Waals surface area (Å²) >= 11 is 0. The van der Waals surface area contributed by atoms with Crippen LogP contribution in [0.5, 0.6) is 0 Å². The van der Waals surface area contributed by atoms with E-state index in [4.69, 9.17) is 9.52 Å². The van der Waals surface area contributed by atoms with Crippen molar-refractivity contribution in [2.24, 2.45) is 4.99 Å². The maximum atomic E-state index is 11.2. The zero-order valence-electron chi connectivity index (χ0n) is 17.4. The van der Waals surface area contributed by atoms with Gasteiger partial charge in [-0.25, -0.2) is 4.99 Å². The zero-order chi connectivity index (χ0) is 20.3. The molecule has 1 fully saturated rings. The molecule has 0 amide bonds. The Hall–Kier alpha value is -2.38. The largest absolute Gasteiger partial charge is 0.383 e. The Morgan fingerprint density at radius 3 is 2.79 bits per heavy atom. The summed E-state index contributed by atoms with van der Waals surface area (Å²) in [6.45, 7) is 9.72. The second-order valence-corrected chi connectivity index (χ2v) is 8.05. The maximum absolute atomic E-state index is 11.2.